The van der Waals surface area contributed by atoms with Crippen molar-refractivity contribution in [3.63, 3.8) is 0 Å². The van der Waals surface area contributed by atoms with Crippen LogP contribution in [0.1, 0.15) is 35.8 Å². The van der Waals surface area contributed by atoms with Crippen LogP contribution >= 0.6 is 27.3 Å². The molecule has 102 valence electrons. The predicted octanol–water partition coefficient (Wildman–Crippen LogP) is 4.86. The van der Waals surface area contributed by atoms with Crippen LogP contribution in [-0.4, -0.2) is 12.0 Å². The Morgan fingerprint density at radius 1 is 1.21 bits per heavy atom. The van der Waals surface area contributed by atoms with E-state index in [1.54, 1.807) is 11.3 Å². The number of benzene rings is 1. The summed E-state index contributed by atoms with van der Waals surface area (Å²) >= 11 is 5.24. The molecule has 0 aliphatic rings. The van der Waals surface area contributed by atoms with Gasteiger partial charge < -0.3 is 5.32 Å². The summed E-state index contributed by atoms with van der Waals surface area (Å²) in [6.45, 7) is 4.45. The molecule has 19 heavy (non-hydrogen) atoms. The van der Waals surface area contributed by atoms with Gasteiger partial charge in [-0.2, -0.15) is 0 Å². The molecule has 0 radical (unpaired) electrons. The van der Waals surface area contributed by atoms with Crippen LogP contribution in [0.25, 0.3) is 0 Å². The minimum absolute atomic E-state index is 0.600. The first kappa shape index (κ1) is 14.5. The quantitative estimate of drug-likeness (QED) is 0.842. The number of hydrogen-bond acceptors (Lipinski definition) is 3. The number of halogens is 1. The van der Waals surface area contributed by atoms with Crippen molar-refractivity contribution in [1.82, 2.24) is 4.98 Å². The van der Waals surface area contributed by atoms with Crippen LogP contribution in [0.5, 0.6) is 0 Å². The normalized spacial score (nSPS) is 11.0. The second-order valence-electron chi connectivity index (χ2n) is 4.88. The van der Waals surface area contributed by atoms with Gasteiger partial charge in [-0.15, -0.1) is 11.3 Å². The van der Waals surface area contributed by atoms with Gasteiger partial charge in [0.15, 0.2) is 5.13 Å². The molecular weight excluding hydrogens is 320 g/mol. The fraction of sp³-hybridized carbons (Fsp3) is 0.400. The summed E-state index contributed by atoms with van der Waals surface area (Å²) in [5, 5.41) is 4.05. The number of hydrogen-bond donors (Lipinski definition) is 1. The molecule has 2 rings (SSSR count). The topological polar surface area (TPSA) is 24.9 Å². The highest BCUT2D eigenvalue weighted by molar-refractivity contribution is 9.10. The van der Waals surface area contributed by atoms with Crippen molar-refractivity contribution in [3.05, 3.63) is 44.9 Å². The van der Waals surface area contributed by atoms with Crippen LogP contribution in [0.3, 0.4) is 0 Å². The molecule has 0 spiro atoms. The number of thiazole rings is 1. The molecule has 0 bridgehead atoms. The predicted molar refractivity (Wildman–Crippen MR) is 87.3 cm³/mol. The molecular formula is C15H19BrN2S. The van der Waals surface area contributed by atoms with Crippen molar-refractivity contribution in [2.75, 3.05) is 12.4 Å². The molecule has 4 heteroatoms. The first-order valence-electron chi connectivity index (χ1n) is 6.52. The number of rotatable bonds is 5. The lowest BCUT2D eigenvalue weighted by atomic mass is 10.0. The summed E-state index contributed by atoms with van der Waals surface area (Å²) in [7, 11) is 1.90. The molecule has 0 saturated heterocycles. The Balaban J connectivity index is 1.99. The Hall–Kier alpha value is -0.870. The van der Waals surface area contributed by atoms with Crippen molar-refractivity contribution >= 4 is 32.4 Å². The monoisotopic (exact) mass is 338 g/mol. The Morgan fingerprint density at radius 2 is 1.89 bits per heavy atom. The minimum Gasteiger partial charge on any atom is -0.365 e. The Bertz CT molecular complexity index is 532. The van der Waals surface area contributed by atoms with Gasteiger partial charge in [0.25, 0.3) is 0 Å². The fourth-order valence-electron chi connectivity index (χ4n) is 1.92. The summed E-state index contributed by atoms with van der Waals surface area (Å²) in [5.41, 5.74) is 2.79. The SMILES string of the molecule is CNc1nc(Br)c(CCc2ccc(C(C)C)cc2)s1. The van der Waals surface area contributed by atoms with E-state index in [2.05, 4.69) is 64.3 Å². The van der Waals surface area contributed by atoms with Gasteiger partial charge in [0.2, 0.25) is 0 Å². The van der Waals surface area contributed by atoms with Crippen LogP contribution in [0.15, 0.2) is 28.9 Å². The molecule has 1 N–H and O–H groups in total. The Kier molecular flexibility index (Phi) is 4.99. The van der Waals surface area contributed by atoms with Gasteiger partial charge in [-0.1, -0.05) is 38.1 Å². The van der Waals surface area contributed by atoms with Crippen molar-refractivity contribution in [3.8, 4) is 0 Å². The Labute approximate surface area is 127 Å². The van der Waals surface area contributed by atoms with Gasteiger partial charge in [0.1, 0.15) is 4.60 Å². The first-order chi connectivity index (χ1) is 9.10. The van der Waals surface area contributed by atoms with E-state index in [1.165, 1.54) is 16.0 Å². The lowest BCUT2D eigenvalue weighted by Gasteiger charge is -2.06. The van der Waals surface area contributed by atoms with Crippen LogP contribution in [-0.2, 0) is 12.8 Å². The largest absolute Gasteiger partial charge is 0.365 e. The zero-order chi connectivity index (χ0) is 13.8. The summed E-state index contributed by atoms with van der Waals surface area (Å²) in [6.07, 6.45) is 2.09. The molecule has 0 amide bonds. The molecule has 2 aromatic rings. The molecule has 1 aromatic carbocycles. The summed E-state index contributed by atoms with van der Waals surface area (Å²) in [6, 6.07) is 8.95. The van der Waals surface area contributed by atoms with Gasteiger partial charge >= 0.3 is 0 Å². The number of aromatic nitrogens is 1. The van der Waals surface area contributed by atoms with Crippen LogP contribution in [0, 0.1) is 0 Å². The van der Waals surface area contributed by atoms with Crippen LogP contribution in [0.4, 0.5) is 5.13 Å². The van der Waals surface area contributed by atoms with Gasteiger partial charge in [0.05, 0.1) is 0 Å². The van der Waals surface area contributed by atoms with E-state index in [0.717, 1.165) is 22.6 Å². The standard InChI is InChI=1S/C15H19BrN2S/c1-10(2)12-7-4-11(5-8-12)6-9-13-14(16)18-15(17-3)19-13/h4-5,7-8,10H,6,9H2,1-3H3,(H,17,18). The molecule has 0 unspecified atom stereocenters. The fourth-order valence-corrected chi connectivity index (χ4v) is 3.46. The van der Waals surface area contributed by atoms with Gasteiger partial charge in [-0.05, 0) is 45.8 Å². The number of nitrogens with one attached hydrogen (secondary N) is 1. The van der Waals surface area contributed by atoms with E-state index >= 15 is 0 Å². The van der Waals surface area contributed by atoms with E-state index in [1.807, 2.05) is 7.05 Å². The lowest BCUT2D eigenvalue weighted by molar-refractivity contribution is 0.863. The third-order valence-electron chi connectivity index (χ3n) is 3.15. The first-order valence-corrected chi connectivity index (χ1v) is 8.13. The summed E-state index contributed by atoms with van der Waals surface area (Å²) < 4.78 is 0.973. The van der Waals surface area contributed by atoms with E-state index in [4.69, 9.17) is 0 Å². The Morgan fingerprint density at radius 3 is 2.42 bits per heavy atom. The number of nitrogens with zero attached hydrogens (tertiary/aromatic N) is 1. The molecule has 2 nitrogen and oxygen atoms in total. The molecule has 1 heterocycles. The summed E-state index contributed by atoms with van der Waals surface area (Å²) in [4.78, 5) is 5.71. The van der Waals surface area contributed by atoms with E-state index in [9.17, 15) is 0 Å². The molecule has 0 aliphatic heterocycles. The smallest absolute Gasteiger partial charge is 0.183 e. The third kappa shape index (κ3) is 3.80. The number of anilines is 1. The highest BCUT2D eigenvalue weighted by Crippen LogP contribution is 2.28. The molecule has 0 atom stereocenters. The highest BCUT2D eigenvalue weighted by atomic mass is 79.9. The number of aryl methyl sites for hydroxylation is 2. The minimum atomic E-state index is 0.600. The molecule has 0 saturated carbocycles. The van der Waals surface area contributed by atoms with Gasteiger partial charge in [0, 0.05) is 11.9 Å². The molecule has 0 aliphatic carbocycles. The zero-order valence-corrected chi connectivity index (χ0v) is 13.9. The van der Waals surface area contributed by atoms with E-state index in [0.29, 0.717) is 5.92 Å². The van der Waals surface area contributed by atoms with Crippen LogP contribution in [0.2, 0.25) is 0 Å². The van der Waals surface area contributed by atoms with Crippen molar-refractivity contribution in [2.24, 2.45) is 0 Å². The van der Waals surface area contributed by atoms with Crippen molar-refractivity contribution in [1.29, 1.82) is 0 Å². The second-order valence-corrected chi connectivity index (χ2v) is 6.71. The zero-order valence-electron chi connectivity index (χ0n) is 11.5. The third-order valence-corrected chi connectivity index (χ3v) is 5.20. The maximum absolute atomic E-state index is 4.40. The maximum atomic E-state index is 4.40. The average molecular weight is 339 g/mol. The van der Waals surface area contributed by atoms with E-state index < -0.39 is 0 Å². The molecule has 1 aromatic heterocycles. The highest BCUT2D eigenvalue weighted by Gasteiger charge is 2.08. The molecule has 0 fully saturated rings. The lowest BCUT2D eigenvalue weighted by Crippen LogP contribution is -1.92. The van der Waals surface area contributed by atoms with Gasteiger partial charge in [-0.3, -0.25) is 0 Å². The summed E-state index contributed by atoms with van der Waals surface area (Å²) in [5.74, 6) is 0.600. The second kappa shape index (κ2) is 6.53. The van der Waals surface area contributed by atoms with E-state index in [-0.39, 0.29) is 0 Å². The maximum Gasteiger partial charge on any atom is 0.183 e. The van der Waals surface area contributed by atoms with Crippen molar-refractivity contribution < 1.29 is 0 Å². The van der Waals surface area contributed by atoms with Gasteiger partial charge in [-0.25, -0.2) is 4.98 Å². The van der Waals surface area contributed by atoms with Crippen LogP contribution < -0.4 is 5.32 Å². The van der Waals surface area contributed by atoms with Crippen molar-refractivity contribution in [2.45, 2.75) is 32.6 Å². The average Bonchev–Trinajstić information content (AvgIpc) is 2.77.